The summed E-state index contributed by atoms with van der Waals surface area (Å²) in [5.41, 5.74) is 5.24. The molecule has 19 heavy (non-hydrogen) atoms. The first kappa shape index (κ1) is 15.4. The lowest BCUT2D eigenvalue weighted by Gasteiger charge is -2.09. The summed E-state index contributed by atoms with van der Waals surface area (Å²) >= 11 is 0. The van der Waals surface area contributed by atoms with Crippen molar-refractivity contribution >= 4 is 16.1 Å². The van der Waals surface area contributed by atoms with E-state index in [1.807, 2.05) is 0 Å². The number of carbonyl (C=O) groups excluding carboxylic acids is 1. The zero-order valence-electron chi connectivity index (χ0n) is 10.4. The number of carbonyl (C=O) groups is 1. The van der Waals surface area contributed by atoms with Crippen LogP contribution in [0.2, 0.25) is 0 Å². The minimum absolute atomic E-state index is 0.0324. The second kappa shape index (κ2) is 6.50. The van der Waals surface area contributed by atoms with Crippen LogP contribution in [0.1, 0.15) is 18.6 Å². The standard InChI is InChI=1S/C11H16N2O5S/c1-8(14)9-3-2-4-10(7-9)19(16,17)13-5-6-18-11(12)15/h2-4,7-8,13-14H,5-6H2,1H3,(H2,12,15). The fourth-order valence-electron chi connectivity index (χ4n) is 1.35. The smallest absolute Gasteiger partial charge is 0.404 e. The lowest BCUT2D eigenvalue weighted by Crippen LogP contribution is -2.29. The average Bonchev–Trinajstić information content (AvgIpc) is 2.34. The van der Waals surface area contributed by atoms with Crippen molar-refractivity contribution in [3.05, 3.63) is 29.8 Å². The molecule has 7 nitrogen and oxygen atoms in total. The maximum Gasteiger partial charge on any atom is 0.404 e. The third-order valence-corrected chi connectivity index (χ3v) is 3.75. The topological polar surface area (TPSA) is 119 Å². The van der Waals surface area contributed by atoms with E-state index in [0.717, 1.165) is 0 Å². The molecule has 1 amide bonds. The Morgan fingerprint density at radius 1 is 1.53 bits per heavy atom. The number of nitrogens with two attached hydrogens (primary N) is 1. The van der Waals surface area contributed by atoms with E-state index in [-0.39, 0.29) is 18.0 Å². The van der Waals surface area contributed by atoms with Gasteiger partial charge < -0.3 is 15.6 Å². The van der Waals surface area contributed by atoms with E-state index in [1.165, 1.54) is 18.2 Å². The third-order valence-electron chi connectivity index (χ3n) is 2.29. The summed E-state index contributed by atoms with van der Waals surface area (Å²) in [5.74, 6) is 0. The largest absolute Gasteiger partial charge is 0.448 e. The maximum absolute atomic E-state index is 11.9. The van der Waals surface area contributed by atoms with Crippen molar-refractivity contribution < 1.29 is 23.1 Å². The molecule has 0 radical (unpaired) electrons. The van der Waals surface area contributed by atoms with Gasteiger partial charge in [0, 0.05) is 6.54 Å². The Bertz CT molecular complexity index is 542. The first-order valence-corrected chi connectivity index (χ1v) is 7.01. The Hall–Kier alpha value is -1.64. The molecule has 0 fully saturated rings. The summed E-state index contributed by atoms with van der Waals surface area (Å²) in [6, 6.07) is 5.95. The predicted octanol–water partition coefficient (Wildman–Crippen LogP) is 0.113. The summed E-state index contributed by atoms with van der Waals surface area (Å²) in [6.45, 7) is 1.31. The quantitative estimate of drug-likeness (QED) is 0.642. The van der Waals surface area contributed by atoms with Crippen molar-refractivity contribution in [3.8, 4) is 0 Å². The number of ether oxygens (including phenoxy) is 1. The molecule has 1 atom stereocenters. The normalized spacial score (nSPS) is 12.9. The van der Waals surface area contributed by atoms with Gasteiger partial charge in [-0.15, -0.1) is 0 Å². The Morgan fingerprint density at radius 2 is 2.21 bits per heavy atom. The van der Waals surface area contributed by atoms with Gasteiger partial charge in [0.25, 0.3) is 0 Å². The Morgan fingerprint density at radius 3 is 2.79 bits per heavy atom. The van der Waals surface area contributed by atoms with Crippen molar-refractivity contribution in [2.45, 2.75) is 17.9 Å². The molecule has 106 valence electrons. The number of rotatable bonds is 6. The number of benzene rings is 1. The molecule has 0 aliphatic heterocycles. The van der Waals surface area contributed by atoms with E-state index in [1.54, 1.807) is 13.0 Å². The SMILES string of the molecule is CC(O)c1cccc(S(=O)(=O)NCCOC(N)=O)c1. The average molecular weight is 288 g/mol. The second-order valence-corrected chi connectivity index (χ2v) is 5.58. The Balaban J connectivity index is 2.72. The van der Waals surface area contributed by atoms with Gasteiger partial charge >= 0.3 is 6.09 Å². The molecule has 0 spiro atoms. The Labute approximate surface area is 111 Å². The lowest BCUT2D eigenvalue weighted by atomic mass is 10.1. The van der Waals surface area contributed by atoms with Crippen LogP contribution in [0, 0.1) is 0 Å². The number of hydrogen-bond donors (Lipinski definition) is 3. The summed E-state index contributed by atoms with van der Waals surface area (Å²) in [6.07, 6.45) is -1.72. The van der Waals surface area contributed by atoms with Crippen LogP contribution in [0.25, 0.3) is 0 Å². The molecule has 1 unspecified atom stereocenters. The lowest BCUT2D eigenvalue weighted by molar-refractivity contribution is 0.159. The number of sulfonamides is 1. The zero-order valence-corrected chi connectivity index (χ0v) is 11.2. The van der Waals surface area contributed by atoms with Gasteiger partial charge in [-0.1, -0.05) is 12.1 Å². The highest BCUT2D eigenvalue weighted by atomic mass is 32.2. The van der Waals surface area contributed by atoms with E-state index in [9.17, 15) is 18.3 Å². The van der Waals surface area contributed by atoms with Gasteiger partial charge in [-0.3, -0.25) is 0 Å². The van der Waals surface area contributed by atoms with Crippen LogP contribution in [-0.4, -0.2) is 32.8 Å². The van der Waals surface area contributed by atoms with Crippen molar-refractivity contribution in [3.63, 3.8) is 0 Å². The van der Waals surface area contributed by atoms with E-state index >= 15 is 0 Å². The first-order valence-electron chi connectivity index (χ1n) is 5.53. The molecular formula is C11H16N2O5S. The molecule has 1 aromatic carbocycles. The fraction of sp³-hybridized carbons (Fsp3) is 0.364. The minimum Gasteiger partial charge on any atom is -0.448 e. The number of amides is 1. The van der Waals surface area contributed by atoms with Crippen molar-refractivity contribution in [2.24, 2.45) is 5.73 Å². The molecule has 1 rings (SSSR count). The van der Waals surface area contributed by atoms with Gasteiger partial charge in [0.15, 0.2) is 0 Å². The number of aliphatic hydroxyl groups excluding tert-OH is 1. The highest BCUT2D eigenvalue weighted by Crippen LogP contribution is 2.16. The molecule has 0 saturated heterocycles. The van der Waals surface area contributed by atoms with E-state index in [2.05, 4.69) is 9.46 Å². The second-order valence-electron chi connectivity index (χ2n) is 3.81. The van der Waals surface area contributed by atoms with Crippen LogP contribution >= 0.6 is 0 Å². The van der Waals surface area contributed by atoms with Gasteiger partial charge in [0.2, 0.25) is 10.0 Å². The van der Waals surface area contributed by atoms with Crippen molar-refractivity contribution in [2.75, 3.05) is 13.2 Å². The van der Waals surface area contributed by atoms with E-state index in [4.69, 9.17) is 5.73 Å². The van der Waals surface area contributed by atoms with Crippen LogP contribution in [0.15, 0.2) is 29.2 Å². The summed E-state index contributed by atoms with van der Waals surface area (Å²) in [7, 11) is -3.71. The molecule has 8 heteroatoms. The molecule has 0 heterocycles. The van der Waals surface area contributed by atoms with Gasteiger partial charge in [-0.2, -0.15) is 0 Å². The molecule has 0 aliphatic carbocycles. The summed E-state index contributed by atoms with van der Waals surface area (Å²) in [5, 5.41) is 9.40. The highest BCUT2D eigenvalue weighted by molar-refractivity contribution is 7.89. The predicted molar refractivity (Wildman–Crippen MR) is 67.8 cm³/mol. The number of primary amides is 1. The van der Waals surface area contributed by atoms with Gasteiger partial charge in [-0.05, 0) is 24.6 Å². The maximum atomic E-state index is 11.9. The third kappa shape index (κ3) is 4.86. The minimum atomic E-state index is -3.71. The summed E-state index contributed by atoms with van der Waals surface area (Å²) < 4.78 is 30.4. The molecule has 0 aromatic heterocycles. The van der Waals surface area contributed by atoms with Gasteiger partial charge in [-0.25, -0.2) is 17.9 Å². The molecular weight excluding hydrogens is 272 g/mol. The summed E-state index contributed by atoms with van der Waals surface area (Å²) in [4.78, 5) is 10.3. The van der Waals surface area contributed by atoms with Crippen LogP contribution in [0.4, 0.5) is 4.79 Å². The van der Waals surface area contributed by atoms with Gasteiger partial charge in [0.05, 0.1) is 11.0 Å². The van der Waals surface area contributed by atoms with Crippen LogP contribution < -0.4 is 10.5 Å². The van der Waals surface area contributed by atoms with E-state index < -0.39 is 22.2 Å². The fourth-order valence-corrected chi connectivity index (χ4v) is 2.42. The molecule has 0 saturated carbocycles. The first-order chi connectivity index (χ1) is 8.83. The highest BCUT2D eigenvalue weighted by Gasteiger charge is 2.14. The molecule has 0 bridgehead atoms. The van der Waals surface area contributed by atoms with E-state index in [0.29, 0.717) is 5.56 Å². The Kier molecular flexibility index (Phi) is 5.28. The van der Waals surface area contributed by atoms with Crippen molar-refractivity contribution in [1.29, 1.82) is 0 Å². The zero-order chi connectivity index (χ0) is 14.5. The van der Waals surface area contributed by atoms with Crippen LogP contribution in [0.3, 0.4) is 0 Å². The number of aliphatic hydroxyl groups is 1. The molecule has 1 aromatic rings. The van der Waals surface area contributed by atoms with Crippen LogP contribution in [0.5, 0.6) is 0 Å². The van der Waals surface area contributed by atoms with Crippen molar-refractivity contribution in [1.82, 2.24) is 4.72 Å². The number of nitrogens with one attached hydrogen (secondary N) is 1. The van der Waals surface area contributed by atoms with Crippen LogP contribution in [-0.2, 0) is 14.8 Å². The molecule has 4 N–H and O–H groups in total. The molecule has 0 aliphatic rings. The number of hydrogen-bond acceptors (Lipinski definition) is 5. The monoisotopic (exact) mass is 288 g/mol. The van der Waals surface area contributed by atoms with Gasteiger partial charge in [0.1, 0.15) is 6.61 Å².